The van der Waals surface area contributed by atoms with Gasteiger partial charge in [-0.15, -0.1) is 0 Å². The van der Waals surface area contributed by atoms with Gasteiger partial charge in [-0.2, -0.15) is 0 Å². The molecule has 7 heteroatoms. The number of pyridine rings is 1. The van der Waals surface area contributed by atoms with Crippen LogP contribution in [0.25, 0.3) is 10.9 Å². The maximum atomic E-state index is 14.1. The zero-order valence-corrected chi connectivity index (χ0v) is 20.4. The summed E-state index contributed by atoms with van der Waals surface area (Å²) < 4.78 is 13.1. The molecule has 1 aromatic carbocycles. The Bertz CT molecular complexity index is 1300. The van der Waals surface area contributed by atoms with E-state index in [1.165, 1.54) is 37.8 Å². The molecule has 7 nitrogen and oxygen atoms in total. The van der Waals surface area contributed by atoms with E-state index in [-0.39, 0.29) is 29.7 Å². The third-order valence-corrected chi connectivity index (χ3v) is 9.06. The highest BCUT2D eigenvalue weighted by Gasteiger charge is 2.47. The highest BCUT2D eigenvalue weighted by atomic mass is 16.7. The third-order valence-electron chi connectivity index (χ3n) is 9.06. The van der Waals surface area contributed by atoms with E-state index in [2.05, 4.69) is 11.0 Å². The van der Waals surface area contributed by atoms with Crippen LogP contribution in [0.2, 0.25) is 0 Å². The number of carbonyl (C=O) groups is 1. The van der Waals surface area contributed by atoms with Crippen molar-refractivity contribution in [3.8, 4) is 11.5 Å². The fraction of sp³-hybridized carbons (Fsp3) is 0.571. The standard InChI is InChI=1S/C28H33N3O4/c1-2-29-15-21(27(32)20-12-24-25(13-23(20)29)35-16-34-24)28(33)31-9-5-6-17-10-18-11-19(26(17)31)14-30-8-4-3-7-22(18)30/h10,12-13,15,18-19,22,26H,2-9,11,14,16H2,1H3/t18-,19+,22-,26+/m0/s1. The predicted molar refractivity (Wildman–Crippen MR) is 133 cm³/mol. The first-order valence-corrected chi connectivity index (χ1v) is 13.3. The second-order valence-corrected chi connectivity index (χ2v) is 10.9. The molecule has 0 N–H and O–H groups in total. The summed E-state index contributed by atoms with van der Waals surface area (Å²) in [5, 5.41) is 0.521. The van der Waals surface area contributed by atoms with Gasteiger partial charge in [0.1, 0.15) is 5.56 Å². The van der Waals surface area contributed by atoms with Crippen LogP contribution < -0.4 is 14.9 Å². The van der Waals surface area contributed by atoms with Gasteiger partial charge in [0.25, 0.3) is 5.91 Å². The zero-order chi connectivity index (χ0) is 23.7. The number of ether oxygens (including phenoxy) is 2. The van der Waals surface area contributed by atoms with Crippen LogP contribution in [0.1, 0.15) is 55.8 Å². The van der Waals surface area contributed by atoms with Crippen molar-refractivity contribution in [3.05, 3.63) is 45.8 Å². The van der Waals surface area contributed by atoms with Crippen LogP contribution in [0.15, 0.2) is 34.8 Å². The Kier molecular flexibility index (Phi) is 4.98. The molecule has 3 saturated heterocycles. The van der Waals surface area contributed by atoms with Gasteiger partial charge in [0.15, 0.2) is 11.5 Å². The van der Waals surface area contributed by atoms with Crippen LogP contribution in [0.3, 0.4) is 0 Å². The summed E-state index contributed by atoms with van der Waals surface area (Å²) in [6.07, 6.45) is 11.4. The van der Waals surface area contributed by atoms with E-state index in [0.717, 1.165) is 31.4 Å². The molecule has 7 rings (SSSR count). The zero-order valence-electron chi connectivity index (χ0n) is 20.4. The van der Waals surface area contributed by atoms with Crippen LogP contribution in [0.4, 0.5) is 0 Å². The summed E-state index contributed by atoms with van der Waals surface area (Å²) in [6.45, 7) is 5.82. The molecular formula is C28H33N3O4. The van der Waals surface area contributed by atoms with Crippen LogP contribution in [0.5, 0.6) is 11.5 Å². The topological polar surface area (TPSA) is 64.0 Å². The van der Waals surface area contributed by atoms with Crippen LogP contribution in [0, 0.1) is 11.8 Å². The smallest absolute Gasteiger partial charge is 0.259 e. The highest BCUT2D eigenvalue weighted by Crippen LogP contribution is 2.45. The number of carbonyl (C=O) groups excluding carboxylic acids is 1. The SMILES string of the molecule is CCn1cc(C(=O)N2CCCC3=C[C@H]4C[C@H](CN5CCCC[C@@H]45)[C@@H]32)c(=O)c2cc3c(cc21)OCO3. The molecule has 184 valence electrons. The van der Waals surface area contributed by atoms with Gasteiger partial charge in [-0.1, -0.05) is 18.1 Å². The summed E-state index contributed by atoms with van der Waals surface area (Å²) in [7, 11) is 0. The molecule has 2 aromatic rings. The van der Waals surface area contributed by atoms with Crippen molar-refractivity contribution >= 4 is 16.8 Å². The number of fused-ring (bicyclic) bond motifs is 8. The molecule has 0 saturated carbocycles. The number of hydrogen-bond acceptors (Lipinski definition) is 5. The molecule has 2 bridgehead atoms. The number of rotatable bonds is 2. The van der Waals surface area contributed by atoms with Crippen molar-refractivity contribution in [1.29, 1.82) is 0 Å². The van der Waals surface area contributed by atoms with Crippen molar-refractivity contribution in [2.75, 3.05) is 26.4 Å². The van der Waals surface area contributed by atoms with E-state index in [9.17, 15) is 9.59 Å². The second kappa shape index (κ2) is 8.12. The minimum Gasteiger partial charge on any atom is -0.454 e. The number of piperidine rings is 3. The van der Waals surface area contributed by atoms with Gasteiger partial charge in [0.05, 0.1) is 16.9 Å². The maximum absolute atomic E-state index is 14.1. The molecule has 1 aliphatic carbocycles. The van der Waals surface area contributed by atoms with Crippen molar-refractivity contribution in [1.82, 2.24) is 14.4 Å². The normalized spacial score (nSPS) is 29.5. The number of amides is 1. The first kappa shape index (κ1) is 21.5. The Morgan fingerprint density at radius 3 is 2.83 bits per heavy atom. The molecule has 0 unspecified atom stereocenters. The van der Waals surface area contributed by atoms with Crippen LogP contribution in [-0.4, -0.2) is 58.8 Å². The largest absolute Gasteiger partial charge is 0.454 e. The molecule has 5 heterocycles. The van der Waals surface area contributed by atoms with Gasteiger partial charge < -0.3 is 18.9 Å². The molecule has 1 aromatic heterocycles. The highest BCUT2D eigenvalue weighted by molar-refractivity contribution is 5.98. The molecule has 3 fully saturated rings. The van der Waals surface area contributed by atoms with E-state index >= 15 is 0 Å². The van der Waals surface area contributed by atoms with Crippen LogP contribution >= 0.6 is 0 Å². The summed E-state index contributed by atoms with van der Waals surface area (Å²) in [5.74, 6) is 2.18. The fourth-order valence-corrected chi connectivity index (χ4v) is 7.55. The third kappa shape index (κ3) is 3.27. The Morgan fingerprint density at radius 2 is 1.97 bits per heavy atom. The molecule has 4 aliphatic heterocycles. The lowest BCUT2D eigenvalue weighted by Gasteiger charge is -2.54. The minimum absolute atomic E-state index is 0.119. The number of hydrogen-bond donors (Lipinski definition) is 0. The average molecular weight is 476 g/mol. The number of aryl methyl sites for hydroxylation is 1. The summed E-state index contributed by atoms with van der Waals surface area (Å²) >= 11 is 0. The van der Waals surface area contributed by atoms with Gasteiger partial charge in [-0.25, -0.2) is 0 Å². The molecule has 4 atom stereocenters. The molecular weight excluding hydrogens is 442 g/mol. The van der Waals surface area contributed by atoms with Crippen LogP contribution in [-0.2, 0) is 6.54 Å². The lowest BCUT2D eigenvalue weighted by Crippen LogP contribution is -2.60. The van der Waals surface area contributed by atoms with Crippen molar-refractivity contribution in [3.63, 3.8) is 0 Å². The van der Waals surface area contributed by atoms with Crippen molar-refractivity contribution in [2.24, 2.45) is 11.8 Å². The number of aromatic nitrogens is 1. The fourth-order valence-electron chi connectivity index (χ4n) is 7.55. The Balaban J connectivity index is 1.28. The monoisotopic (exact) mass is 475 g/mol. The molecule has 35 heavy (non-hydrogen) atoms. The Morgan fingerprint density at radius 1 is 1.11 bits per heavy atom. The second-order valence-electron chi connectivity index (χ2n) is 10.9. The quantitative estimate of drug-likeness (QED) is 0.619. The van der Waals surface area contributed by atoms with E-state index in [1.54, 1.807) is 12.3 Å². The van der Waals surface area contributed by atoms with Crippen molar-refractivity contribution < 1.29 is 14.3 Å². The summed E-state index contributed by atoms with van der Waals surface area (Å²) in [6, 6.07) is 4.41. The number of benzene rings is 1. The molecule has 0 radical (unpaired) electrons. The van der Waals surface area contributed by atoms with Gasteiger partial charge in [-0.05, 0) is 63.5 Å². The maximum Gasteiger partial charge on any atom is 0.259 e. The number of likely N-dealkylation sites (tertiary alicyclic amines) is 1. The van der Waals surface area contributed by atoms with Gasteiger partial charge >= 0.3 is 0 Å². The molecule has 1 amide bonds. The lowest BCUT2D eigenvalue weighted by atomic mass is 9.68. The van der Waals surface area contributed by atoms with E-state index in [1.807, 2.05) is 22.5 Å². The Hall–Kier alpha value is -2.80. The summed E-state index contributed by atoms with van der Waals surface area (Å²) in [5.41, 5.74) is 2.28. The first-order valence-electron chi connectivity index (χ1n) is 13.3. The average Bonchev–Trinajstić information content (AvgIpc) is 3.35. The van der Waals surface area contributed by atoms with E-state index in [4.69, 9.17) is 9.47 Å². The minimum atomic E-state index is -0.211. The summed E-state index contributed by atoms with van der Waals surface area (Å²) in [4.78, 5) is 32.5. The predicted octanol–water partition coefficient (Wildman–Crippen LogP) is 3.79. The van der Waals surface area contributed by atoms with Crippen molar-refractivity contribution in [2.45, 2.75) is 64.1 Å². The first-order chi connectivity index (χ1) is 17.1. The molecule has 5 aliphatic rings. The lowest BCUT2D eigenvalue weighted by molar-refractivity contribution is 0.00142. The van der Waals surface area contributed by atoms with Gasteiger partial charge in [0.2, 0.25) is 12.2 Å². The molecule has 0 spiro atoms. The van der Waals surface area contributed by atoms with E-state index < -0.39 is 0 Å². The Labute approximate surface area is 205 Å². The van der Waals surface area contributed by atoms with Gasteiger partial charge in [0, 0.05) is 37.9 Å². The number of nitrogens with zero attached hydrogens (tertiary/aromatic N) is 3. The van der Waals surface area contributed by atoms with E-state index in [0.29, 0.717) is 41.3 Å². The van der Waals surface area contributed by atoms with Gasteiger partial charge in [-0.3, -0.25) is 14.5 Å².